The van der Waals surface area contributed by atoms with Crippen LogP contribution < -0.4 is 4.48 Å². The summed E-state index contributed by atoms with van der Waals surface area (Å²) < 4.78 is 1.02. The minimum atomic E-state index is 1.02. The maximum atomic E-state index is 2.35. The summed E-state index contributed by atoms with van der Waals surface area (Å²) in [6.45, 7) is 5.78. The second kappa shape index (κ2) is 12.5. The van der Waals surface area contributed by atoms with E-state index in [0.717, 1.165) is 4.48 Å². The van der Waals surface area contributed by atoms with Crippen LogP contribution in [0.25, 0.3) is 0 Å². The lowest BCUT2D eigenvalue weighted by molar-refractivity contribution is 0.379. The average Bonchev–Trinajstić information content (AvgIpc) is 2.56. The first-order chi connectivity index (χ1) is 11.6. The Kier molecular flexibility index (Phi) is 11.1. The van der Waals surface area contributed by atoms with Crippen LogP contribution in [0.1, 0.15) is 89.5 Å². The molecule has 0 aliphatic rings. The fraction of sp³-hybridized carbons (Fsp3) is 0.739. The van der Waals surface area contributed by atoms with Crippen LogP contribution >= 0.6 is 0 Å². The van der Waals surface area contributed by atoms with Gasteiger partial charge in [0, 0.05) is 5.56 Å². The zero-order chi connectivity index (χ0) is 17.7. The summed E-state index contributed by atoms with van der Waals surface area (Å²) in [4.78, 5) is 0. The van der Waals surface area contributed by atoms with Crippen LogP contribution in [0, 0.1) is 6.92 Å². The zero-order valence-electron chi connectivity index (χ0n) is 16.9. The molecular weight excluding hydrogens is 290 g/mol. The van der Waals surface area contributed by atoms with Crippen molar-refractivity contribution < 1.29 is 0 Å². The third-order valence-corrected chi connectivity index (χ3v) is 5.34. The monoisotopic (exact) mass is 332 g/mol. The Balaban J connectivity index is 2.01. The average molecular weight is 333 g/mol. The molecule has 0 spiro atoms. The van der Waals surface area contributed by atoms with E-state index in [1.54, 1.807) is 0 Å². The molecule has 0 fully saturated rings. The van der Waals surface area contributed by atoms with Crippen molar-refractivity contribution in [2.45, 2.75) is 90.9 Å². The second-order valence-electron chi connectivity index (χ2n) is 8.08. The van der Waals surface area contributed by atoms with Crippen LogP contribution in [-0.4, -0.2) is 20.6 Å². The molecule has 24 heavy (non-hydrogen) atoms. The van der Waals surface area contributed by atoms with Crippen LogP contribution in [0.5, 0.6) is 0 Å². The lowest BCUT2D eigenvalue weighted by Gasteiger charge is -2.30. The lowest BCUT2D eigenvalue weighted by atomic mass is 10.0. The van der Waals surface area contributed by atoms with E-state index in [-0.39, 0.29) is 0 Å². The first kappa shape index (κ1) is 21.2. The van der Waals surface area contributed by atoms with Crippen molar-refractivity contribution in [2.24, 2.45) is 0 Å². The van der Waals surface area contributed by atoms with Crippen LogP contribution in [0.3, 0.4) is 0 Å². The quantitative estimate of drug-likeness (QED) is 0.248. The molecule has 0 saturated carbocycles. The van der Waals surface area contributed by atoms with Gasteiger partial charge in [0.1, 0.15) is 5.69 Å². The first-order valence-corrected chi connectivity index (χ1v) is 10.5. The highest BCUT2D eigenvalue weighted by molar-refractivity contribution is 5.48. The second-order valence-corrected chi connectivity index (χ2v) is 8.08. The number of para-hydroxylation sites is 1. The van der Waals surface area contributed by atoms with Crippen LogP contribution in [0.15, 0.2) is 24.3 Å². The van der Waals surface area contributed by atoms with E-state index in [4.69, 9.17) is 0 Å². The lowest BCUT2D eigenvalue weighted by Crippen LogP contribution is -2.41. The van der Waals surface area contributed by atoms with Crippen molar-refractivity contribution in [3.8, 4) is 0 Å². The summed E-state index contributed by atoms with van der Waals surface area (Å²) >= 11 is 0. The maximum Gasteiger partial charge on any atom is 0.135 e. The number of hydrogen-bond donors (Lipinski definition) is 0. The molecule has 0 atom stereocenters. The standard InChI is InChI=1S/C23H42N/c1-5-6-7-8-9-10-11-12-13-14-15-18-21-24(3,4)23-20-17-16-19-22(23)2/h16-17,19-20H,5-15,18,21H2,1-4H3/q+1. The molecule has 138 valence electrons. The topological polar surface area (TPSA) is 0 Å². The van der Waals surface area contributed by atoms with Crippen molar-refractivity contribution in [1.82, 2.24) is 4.48 Å². The van der Waals surface area contributed by atoms with Gasteiger partial charge in [-0.1, -0.05) is 89.3 Å². The predicted octanol–water partition coefficient (Wildman–Crippen LogP) is 7.26. The van der Waals surface area contributed by atoms with Gasteiger partial charge in [0.25, 0.3) is 0 Å². The van der Waals surface area contributed by atoms with Crippen LogP contribution in [-0.2, 0) is 0 Å². The predicted molar refractivity (Wildman–Crippen MR) is 111 cm³/mol. The summed E-state index contributed by atoms with van der Waals surface area (Å²) in [6.07, 6.45) is 17.1. The third-order valence-electron chi connectivity index (χ3n) is 5.34. The van der Waals surface area contributed by atoms with Gasteiger partial charge in [-0.15, -0.1) is 0 Å². The van der Waals surface area contributed by atoms with E-state index in [1.807, 2.05) is 0 Å². The fourth-order valence-corrected chi connectivity index (χ4v) is 3.71. The Morgan fingerprint density at radius 3 is 1.62 bits per heavy atom. The fourth-order valence-electron chi connectivity index (χ4n) is 3.71. The Bertz CT molecular complexity index is 422. The number of benzene rings is 1. The van der Waals surface area contributed by atoms with Gasteiger partial charge in [-0.05, 0) is 25.8 Å². The number of aryl methyl sites for hydroxylation is 1. The summed E-state index contributed by atoms with van der Waals surface area (Å²) in [7, 11) is 4.70. The maximum absolute atomic E-state index is 2.35. The molecule has 0 aromatic heterocycles. The van der Waals surface area contributed by atoms with Gasteiger partial charge in [0.05, 0.1) is 20.6 Å². The molecule has 0 amide bonds. The molecule has 0 aliphatic carbocycles. The highest BCUT2D eigenvalue weighted by atomic mass is 15.3. The Labute approximate surface area is 152 Å². The molecule has 0 aliphatic heterocycles. The normalized spacial score (nSPS) is 11.8. The van der Waals surface area contributed by atoms with Gasteiger partial charge in [-0.3, -0.25) is 4.48 Å². The Morgan fingerprint density at radius 2 is 1.12 bits per heavy atom. The smallest absolute Gasteiger partial charge is 0.135 e. The van der Waals surface area contributed by atoms with Gasteiger partial charge < -0.3 is 0 Å². The van der Waals surface area contributed by atoms with E-state index in [9.17, 15) is 0 Å². The number of rotatable bonds is 14. The number of nitrogens with zero attached hydrogens (tertiary/aromatic N) is 1. The van der Waals surface area contributed by atoms with Crippen LogP contribution in [0.2, 0.25) is 0 Å². The molecule has 0 bridgehead atoms. The largest absolute Gasteiger partial charge is 0.296 e. The van der Waals surface area contributed by atoms with Gasteiger partial charge in [0.2, 0.25) is 0 Å². The number of unbranched alkanes of at least 4 members (excludes halogenated alkanes) is 11. The molecule has 0 heterocycles. The minimum absolute atomic E-state index is 1.02. The van der Waals surface area contributed by atoms with Crippen molar-refractivity contribution >= 4 is 5.69 Å². The highest BCUT2D eigenvalue weighted by Crippen LogP contribution is 2.24. The summed E-state index contributed by atoms with van der Waals surface area (Å²) in [5, 5.41) is 0. The molecule has 1 rings (SSSR count). The van der Waals surface area contributed by atoms with Crippen molar-refractivity contribution in [3.63, 3.8) is 0 Å². The Hall–Kier alpha value is -0.820. The van der Waals surface area contributed by atoms with Crippen molar-refractivity contribution in [1.29, 1.82) is 0 Å². The van der Waals surface area contributed by atoms with Crippen molar-refractivity contribution in [2.75, 3.05) is 20.6 Å². The van der Waals surface area contributed by atoms with E-state index in [0.29, 0.717) is 0 Å². The van der Waals surface area contributed by atoms with Gasteiger partial charge >= 0.3 is 0 Å². The molecule has 1 heteroatoms. The zero-order valence-corrected chi connectivity index (χ0v) is 16.9. The summed E-state index contributed by atoms with van der Waals surface area (Å²) in [6, 6.07) is 8.83. The van der Waals surface area contributed by atoms with Gasteiger partial charge in [-0.25, -0.2) is 0 Å². The Morgan fingerprint density at radius 1 is 0.667 bits per heavy atom. The molecule has 1 aromatic rings. The minimum Gasteiger partial charge on any atom is -0.296 e. The third kappa shape index (κ3) is 8.87. The van der Waals surface area contributed by atoms with E-state index in [1.165, 1.54) is 94.8 Å². The summed E-state index contributed by atoms with van der Waals surface area (Å²) in [5.74, 6) is 0. The summed E-state index contributed by atoms with van der Waals surface area (Å²) in [5.41, 5.74) is 2.89. The molecule has 1 aromatic carbocycles. The van der Waals surface area contributed by atoms with E-state index < -0.39 is 0 Å². The van der Waals surface area contributed by atoms with Crippen molar-refractivity contribution in [3.05, 3.63) is 29.8 Å². The van der Waals surface area contributed by atoms with E-state index in [2.05, 4.69) is 52.2 Å². The first-order valence-electron chi connectivity index (χ1n) is 10.5. The van der Waals surface area contributed by atoms with E-state index >= 15 is 0 Å². The van der Waals surface area contributed by atoms with Gasteiger partial charge in [0.15, 0.2) is 0 Å². The molecular formula is C23H42N+. The molecule has 1 nitrogen and oxygen atoms in total. The van der Waals surface area contributed by atoms with Crippen LogP contribution in [0.4, 0.5) is 5.69 Å². The van der Waals surface area contributed by atoms with Gasteiger partial charge in [-0.2, -0.15) is 0 Å². The number of hydrogen-bond acceptors (Lipinski definition) is 0. The highest BCUT2D eigenvalue weighted by Gasteiger charge is 2.19. The molecule has 0 radical (unpaired) electrons. The number of quaternary nitrogens is 1. The molecule has 0 saturated heterocycles. The molecule has 0 unspecified atom stereocenters. The SMILES string of the molecule is CCCCCCCCCCCCCC[N+](C)(C)c1ccccc1C. The molecule has 0 N–H and O–H groups in total.